The third kappa shape index (κ3) is 2.78. The number of benzene rings is 1. The summed E-state index contributed by atoms with van der Waals surface area (Å²) in [6.45, 7) is 3.16. The highest BCUT2D eigenvalue weighted by atomic mass is 16.5. The van der Waals surface area contributed by atoms with E-state index in [0.717, 1.165) is 50.9 Å². The van der Waals surface area contributed by atoms with Crippen LogP contribution in [-0.4, -0.2) is 42.4 Å². The van der Waals surface area contributed by atoms with Crippen molar-refractivity contribution in [2.75, 3.05) is 26.7 Å². The number of methoxy groups -OCH3 is 1. The predicted molar refractivity (Wildman–Crippen MR) is 106 cm³/mol. The van der Waals surface area contributed by atoms with Crippen LogP contribution < -0.4 is 0 Å². The molecule has 3 heteroatoms. The quantitative estimate of drug-likeness (QED) is 0.661. The van der Waals surface area contributed by atoms with Gasteiger partial charge in [-0.25, -0.2) is 0 Å². The fourth-order valence-electron chi connectivity index (χ4n) is 5.98. The van der Waals surface area contributed by atoms with Gasteiger partial charge < -0.3 is 9.84 Å². The Bertz CT molecular complexity index is 786. The van der Waals surface area contributed by atoms with Crippen molar-refractivity contribution in [3.63, 3.8) is 0 Å². The van der Waals surface area contributed by atoms with Gasteiger partial charge in [0.15, 0.2) is 5.60 Å². The third-order valence-electron chi connectivity index (χ3n) is 7.56. The van der Waals surface area contributed by atoms with Crippen molar-refractivity contribution in [1.29, 1.82) is 0 Å². The molecule has 6 rings (SSSR count). The van der Waals surface area contributed by atoms with Gasteiger partial charge in [0.1, 0.15) is 5.60 Å². The van der Waals surface area contributed by atoms with Gasteiger partial charge in [0.2, 0.25) is 0 Å². The number of fused-ring (bicyclic) bond motifs is 5. The van der Waals surface area contributed by atoms with Crippen molar-refractivity contribution in [2.24, 2.45) is 23.7 Å². The standard InChI is InChI=1S/C24H29NO2/c1-27-23(17-25-13-9-20(23)10-14-25)11-12-24(26,21-5-3-2-4-6-21)22-16-18-7-8-19(22)15-18/h2-8,18-20,22,26H,9-10,13-17H2,1H3. The maximum atomic E-state index is 11.9. The largest absolute Gasteiger partial charge is 0.373 e. The lowest BCUT2D eigenvalue weighted by atomic mass is 9.72. The molecule has 0 spiro atoms. The molecule has 2 aliphatic carbocycles. The van der Waals surface area contributed by atoms with Crippen molar-refractivity contribution < 1.29 is 9.84 Å². The summed E-state index contributed by atoms with van der Waals surface area (Å²) < 4.78 is 6.03. The second-order valence-corrected chi connectivity index (χ2v) is 8.91. The lowest BCUT2D eigenvalue weighted by molar-refractivity contribution is -0.0968. The summed E-state index contributed by atoms with van der Waals surface area (Å²) >= 11 is 0. The molecular weight excluding hydrogens is 334 g/mol. The summed E-state index contributed by atoms with van der Waals surface area (Å²) in [5, 5.41) is 11.9. The van der Waals surface area contributed by atoms with E-state index in [1.54, 1.807) is 7.11 Å². The van der Waals surface area contributed by atoms with Crippen molar-refractivity contribution in [3.8, 4) is 11.8 Å². The molecule has 142 valence electrons. The van der Waals surface area contributed by atoms with E-state index < -0.39 is 11.2 Å². The number of nitrogens with zero attached hydrogens (tertiary/aromatic N) is 1. The van der Waals surface area contributed by atoms with Gasteiger partial charge in [-0.15, -0.1) is 0 Å². The summed E-state index contributed by atoms with van der Waals surface area (Å²) in [5.41, 5.74) is -0.619. The summed E-state index contributed by atoms with van der Waals surface area (Å²) in [4.78, 5) is 2.46. The molecule has 3 aliphatic heterocycles. The Balaban J connectivity index is 1.55. The van der Waals surface area contributed by atoms with Gasteiger partial charge in [-0.05, 0) is 56.2 Å². The van der Waals surface area contributed by atoms with E-state index in [0.29, 0.717) is 17.8 Å². The zero-order valence-corrected chi connectivity index (χ0v) is 16.1. The number of hydrogen-bond donors (Lipinski definition) is 1. The molecule has 1 aromatic carbocycles. The highest BCUT2D eigenvalue weighted by Crippen LogP contribution is 2.51. The smallest absolute Gasteiger partial charge is 0.154 e. The van der Waals surface area contributed by atoms with Gasteiger partial charge in [0.25, 0.3) is 0 Å². The number of piperidine rings is 3. The minimum Gasteiger partial charge on any atom is -0.373 e. The Labute approximate surface area is 162 Å². The van der Waals surface area contributed by atoms with Crippen molar-refractivity contribution in [1.82, 2.24) is 4.90 Å². The van der Waals surface area contributed by atoms with E-state index >= 15 is 0 Å². The lowest BCUT2D eigenvalue weighted by Crippen LogP contribution is -2.59. The van der Waals surface area contributed by atoms with Crippen LogP contribution in [0.4, 0.5) is 0 Å². The van der Waals surface area contributed by atoms with Gasteiger partial charge in [-0.2, -0.15) is 0 Å². The molecular formula is C24H29NO2. The molecule has 1 saturated carbocycles. The van der Waals surface area contributed by atoms with Crippen LogP contribution in [0.5, 0.6) is 0 Å². The van der Waals surface area contributed by atoms with Crippen LogP contribution in [-0.2, 0) is 10.3 Å². The Morgan fingerprint density at radius 2 is 1.93 bits per heavy atom. The first-order chi connectivity index (χ1) is 13.1. The number of ether oxygens (including phenoxy) is 1. The topological polar surface area (TPSA) is 32.7 Å². The van der Waals surface area contributed by atoms with Crippen LogP contribution in [0.15, 0.2) is 42.5 Å². The molecule has 4 bridgehead atoms. The first-order valence-electron chi connectivity index (χ1n) is 10.4. The molecule has 4 fully saturated rings. The summed E-state index contributed by atoms with van der Waals surface area (Å²) in [6, 6.07) is 10.1. The number of allylic oxidation sites excluding steroid dienone is 2. The van der Waals surface area contributed by atoms with Crippen LogP contribution in [0.25, 0.3) is 0 Å². The molecule has 0 radical (unpaired) electrons. The minimum atomic E-state index is -1.11. The van der Waals surface area contributed by atoms with Gasteiger partial charge in [-0.1, -0.05) is 54.3 Å². The second kappa shape index (κ2) is 6.48. The van der Waals surface area contributed by atoms with Crippen LogP contribution in [0, 0.1) is 35.5 Å². The van der Waals surface area contributed by atoms with Crippen molar-refractivity contribution in [3.05, 3.63) is 48.0 Å². The Morgan fingerprint density at radius 1 is 1.15 bits per heavy atom. The monoisotopic (exact) mass is 363 g/mol. The molecule has 1 N–H and O–H groups in total. The molecule has 0 aromatic heterocycles. The Hall–Kier alpha value is -1.60. The van der Waals surface area contributed by atoms with Crippen molar-refractivity contribution in [2.45, 2.75) is 36.9 Å². The lowest BCUT2D eigenvalue weighted by Gasteiger charge is -2.50. The maximum absolute atomic E-state index is 11.9. The Kier molecular flexibility index (Phi) is 4.20. The van der Waals surface area contributed by atoms with Crippen LogP contribution in [0.3, 0.4) is 0 Å². The molecule has 3 heterocycles. The Morgan fingerprint density at radius 3 is 2.48 bits per heavy atom. The number of aliphatic hydroxyl groups is 1. The van der Waals surface area contributed by atoms with Crippen LogP contribution in [0.2, 0.25) is 0 Å². The minimum absolute atomic E-state index is 0.164. The first kappa shape index (κ1) is 17.5. The van der Waals surface area contributed by atoms with E-state index in [4.69, 9.17) is 4.74 Å². The predicted octanol–water partition coefficient (Wildman–Crippen LogP) is 3.20. The molecule has 27 heavy (non-hydrogen) atoms. The molecule has 5 unspecified atom stereocenters. The summed E-state index contributed by atoms with van der Waals surface area (Å²) in [7, 11) is 1.79. The highest BCUT2D eigenvalue weighted by molar-refractivity contribution is 5.38. The fourth-order valence-corrected chi connectivity index (χ4v) is 5.98. The SMILES string of the molecule is COC1(C#CC(O)(c2ccccc2)C2CC3C=CC2C3)CN2CCC1CC2. The number of rotatable bonds is 3. The van der Waals surface area contributed by atoms with E-state index in [2.05, 4.69) is 28.9 Å². The second-order valence-electron chi connectivity index (χ2n) is 8.91. The average Bonchev–Trinajstić information content (AvgIpc) is 3.37. The van der Waals surface area contributed by atoms with Crippen LogP contribution in [0.1, 0.15) is 31.2 Å². The van der Waals surface area contributed by atoms with E-state index in [1.807, 2.05) is 30.3 Å². The molecule has 1 aromatic rings. The highest BCUT2D eigenvalue weighted by Gasteiger charge is 2.50. The maximum Gasteiger partial charge on any atom is 0.154 e. The molecule has 5 aliphatic rings. The molecule has 3 nitrogen and oxygen atoms in total. The van der Waals surface area contributed by atoms with Gasteiger partial charge in [0.05, 0.1) is 0 Å². The number of hydrogen-bond acceptors (Lipinski definition) is 3. The molecule has 3 saturated heterocycles. The van der Waals surface area contributed by atoms with Gasteiger partial charge >= 0.3 is 0 Å². The first-order valence-corrected chi connectivity index (χ1v) is 10.4. The zero-order chi connectivity index (χ0) is 18.5. The van der Waals surface area contributed by atoms with Crippen LogP contribution >= 0.6 is 0 Å². The molecule has 5 atom stereocenters. The normalized spacial score (nSPS) is 41.2. The van der Waals surface area contributed by atoms with Crippen molar-refractivity contribution >= 4 is 0 Å². The average molecular weight is 364 g/mol. The third-order valence-corrected chi connectivity index (χ3v) is 7.56. The summed E-state index contributed by atoms with van der Waals surface area (Å²) in [5.74, 6) is 8.58. The van der Waals surface area contributed by atoms with Gasteiger partial charge in [0, 0.05) is 25.5 Å². The molecule has 0 amide bonds. The fraction of sp³-hybridized carbons (Fsp3) is 0.583. The van der Waals surface area contributed by atoms with E-state index in [9.17, 15) is 5.11 Å². The van der Waals surface area contributed by atoms with E-state index in [-0.39, 0.29) is 5.92 Å². The zero-order valence-electron chi connectivity index (χ0n) is 16.1. The van der Waals surface area contributed by atoms with Gasteiger partial charge in [-0.3, -0.25) is 4.90 Å². The van der Waals surface area contributed by atoms with E-state index in [1.165, 1.54) is 0 Å². The summed E-state index contributed by atoms with van der Waals surface area (Å²) in [6.07, 6.45) is 9.09.